The Labute approximate surface area is 128 Å². The van der Waals surface area contributed by atoms with Crippen molar-refractivity contribution in [1.29, 1.82) is 0 Å². The number of aliphatic carboxylic acids is 1. The number of nitrogens with zero attached hydrogens (tertiary/aromatic N) is 1. The minimum atomic E-state index is -0.781. The second-order valence-electron chi connectivity index (χ2n) is 4.61. The molecule has 1 aromatic carbocycles. The highest BCUT2D eigenvalue weighted by molar-refractivity contribution is 9.10. The van der Waals surface area contributed by atoms with Crippen LogP contribution in [0.4, 0.5) is 0 Å². The molecule has 104 valence electrons. The van der Waals surface area contributed by atoms with E-state index in [1.54, 1.807) is 18.4 Å². The van der Waals surface area contributed by atoms with E-state index in [1.807, 2.05) is 18.2 Å². The molecule has 6 heteroatoms. The summed E-state index contributed by atoms with van der Waals surface area (Å²) in [7, 11) is 1.62. The maximum atomic E-state index is 11.2. The second kappa shape index (κ2) is 5.18. The van der Waals surface area contributed by atoms with Crippen molar-refractivity contribution in [2.75, 3.05) is 7.11 Å². The number of carboxylic acid groups (broad SMARTS) is 1. The third-order valence-corrected chi connectivity index (χ3v) is 5.21. The van der Waals surface area contributed by atoms with Crippen molar-refractivity contribution in [3.05, 3.63) is 33.2 Å². The first-order valence-corrected chi connectivity index (χ1v) is 7.77. The molecule has 0 radical (unpaired) electrons. The van der Waals surface area contributed by atoms with Crippen LogP contribution in [0.5, 0.6) is 5.75 Å². The highest BCUT2D eigenvalue weighted by Crippen LogP contribution is 2.40. The number of methoxy groups -OCH3 is 1. The van der Waals surface area contributed by atoms with Gasteiger partial charge < -0.3 is 9.84 Å². The predicted molar refractivity (Wildman–Crippen MR) is 80.5 cm³/mol. The number of thiazole rings is 1. The summed E-state index contributed by atoms with van der Waals surface area (Å²) >= 11 is 5.04. The number of ether oxygens (including phenoxy) is 1. The summed E-state index contributed by atoms with van der Waals surface area (Å²) in [6, 6.07) is 5.76. The number of carboxylic acids is 1. The number of benzene rings is 1. The van der Waals surface area contributed by atoms with Gasteiger partial charge in [-0.2, -0.15) is 0 Å². The molecule has 1 aliphatic rings. The first-order chi connectivity index (χ1) is 9.60. The van der Waals surface area contributed by atoms with Gasteiger partial charge in [0, 0.05) is 10.4 Å². The standard InChI is InChI=1S/C14H12BrNO3S/c1-19-10-4-2-7(6-9(10)15)13-16-12-8(14(17)18)3-5-11(12)20-13/h2,4,6,8H,3,5H2,1H3,(H,17,18). The van der Waals surface area contributed by atoms with E-state index >= 15 is 0 Å². The van der Waals surface area contributed by atoms with E-state index in [0.717, 1.165) is 37.8 Å². The summed E-state index contributed by atoms with van der Waals surface area (Å²) in [4.78, 5) is 16.8. The Bertz CT molecular complexity index is 683. The summed E-state index contributed by atoms with van der Waals surface area (Å²) in [5.41, 5.74) is 1.71. The van der Waals surface area contributed by atoms with Crippen LogP contribution in [-0.4, -0.2) is 23.2 Å². The van der Waals surface area contributed by atoms with E-state index in [-0.39, 0.29) is 0 Å². The zero-order chi connectivity index (χ0) is 14.3. The number of rotatable bonds is 3. The normalized spacial score (nSPS) is 17.0. The molecular formula is C14H12BrNO3S. The molecule has 1 aromatic heterocycles. The van der Waals surface area contributed by atoms with Crippen LogP contribution < -0.4 is 4.74 Å². The largest absolute Gasteiger partial charge is 0.496 e. The lowest BCUT2D eigenvalue weighted by molar-refractivity contribution is -0.138. The molecule has 0 amide bonds. The molecule has 1 unspecified atom stereocenters. The van der Waals surface area contributed by atoms with Gasteiger partial charge in [0.05, 0.1) is 17.3 Å². The molecule has 0 bridgehead atoms. The first-order valence-electron chi connectivity index (χ1n) is 6.16. The molecule has 0 fully saturated rings. The number of fused-ring (bicyclic) bond motifs is 1. The zero-order valence-electron chi connectivity index (χ0n) is 10.7. The molecule has 0 saturated carbocycles. The molecular weight excluding hydrogens is 342 g/mol. The molecule has 0 spiro atoms. The van der Waals surface area contributed by atoms with E-state index in [1.165, 1.54) is 0 Å². The van der Waals surface area contributed by atoms with Gasteiger partial charge in [0.15, 0.2) is 0 Å². The Hall–Kier alpha value is -1.40. The topological polar surface area (TPSA) is 59.4 Å². The Morgan fingerprint density at radius 3 is 3.00 bits per heavy atom. The molecule has 1 N–H and O–H groups in total. The third-order valence-electron chi connectivity index (χ3n) is 3.41. The third kappa shape index (κ3) is 2.23. The van der Waals surface area contributed by atoms with Gasteiger partial charge in [0.1, 0.15) is 16.7 Å². The van der Waals surface area contributed by atoms with Crippen molar-refractivity contribution in [3.8, 4) is 16.3 Å². The monoisotopic (exact) mass is 353 g/mol. The zero-order valence-corrected chi connectivity index (χ0v) is 13.1. The van der Waals surface area contributed by atoms with Crippen LogP contribution in [0.15, 0.2) is 22.7 Å². The number of hydrogen-bond donors (Lipinski definition) is 1. The van der Waals surface area contributed by atoms with Gasteiger partial charge >= 0.3 is 5.97 Å². The molecule has 0 aliphatic heterocycles. The van der Waals surface area contributed by atoms with E-state index in [9.17, 15) is 9.90 Å². The summed E-state index contributed by atoms with van der Waals surface area (Å²) in [6.45, 7) is 0. The molecule has 1 aliphatic carbocycles. The Kier molecular flexibility index (Phi) is 3.52. The van der Waals surface area contributed by atoms with Crippen molar-refractivity contribution in [2.45, 2.75) is 18.8 Å². The van der Waals surface area contributed by atoms with Gasteiger partial charge in [-0.15, -0.1) is 11.3 Å². The average Bonchev–Trinajstić information content (AvgIpc) is 2.97. The van der Waals surface area contributed by atoms with Crippen LogP contribution in [0, 0.1) is 0 Å². The smallest absolute Gasteiger partial charge is 0.312 e. The summed E-state index contributed by atoms with van der Waals surface area (Å²) in [6.07, 6.45) is 1.47. The molecule has 3 rings (SSSR count). The van der Waals surface area contributed by atoms with Crippen LogP contribution in [0.3, 0.4) is 0 Å². The number of halogens is 1. The van der Waals surface area contributed by atoms with Crippen molar-refractivity contribution < 1.29 is 14.6 Å². The van der Waals surface area contributed by atoms with Gasteiger partial charge in [0.25, 0.3) is 0 Å². The lowest BCUT2D eigenvalue weighted by atomic mass is 10.1. The number of aryl methyl sites for hydroxylation is 1. The quantitative estimate of drug-likeness (QED) is 0.913. The van der Waals surface area contributed by atoms with E-state index < -0.39 is 11.9 Å². The predicted octanol–water partition coefficient (Wildman–Crippen LogP) is 3.70. The first kappa shape index (κ1) is 13.6. The van der Waals surface area contributed by atoms with Gasteiger partial charge in [0.2, 0.25) is 0 Å². The van der Waals surface area contributed by atoms with Crippen LogP contribution in [0.25, 0.3) is 10.6 Å². The minimum Gasteiger partial charge on any atom is -0.496 e. The number of aromatic nitrogens is 1. The van der Waals surface area contributed by atoms with Crippen molar-refractivity contribution in [3.63, 3.8) is 0 Å². The summed E-state index contributed by atoms with van der Waals surface area (Å²) in [5, 5.41) is 10.1. The Morgan fingerprint density at radius 2 is 2.35 bits per heavy atom. The molecule has 1 heterocycles. The maximum absolute atomic E-state index is 11.2. The Morgan fingerprint density at radius 1 is 1.55 bits per heavy atom. The average molecular weight is 354 g/mol. The van der Waals surface area contributed by atoms with Gasteiger partial charge in [-0.3, -0.25) is 4.79 Å². The van der Waals surface area contributed by atoms with Gasteiger partial charge in [-0.25, -0.2) is 4.98 Å². The van der Waals surface area contributed by atoms with E-state index in [4.69, 9.17) is 4.74 Å². The van der Waals surface area contributed by atoms with Crippen molar-refractivity contribution in [2.24, 2.45) is 0 Å². The highest BCUT2D eigenvalue weighted by atomic mass is 79.9. The SMILES string of the molecule is COc1ccc(-c2nc3c(s2)CCC3C(=O)O)cc1Br. The van der Waals surface area contributed by atoms with Crippen LogP contribution in [0.1, 0.15) is 22.9 Å². The number of hydrogen-bond acceptors (Lipinski definition) is 4. The van der Waals surface area contributed by atoms with E-state index in [2.05, 4.69) is 20.9 Å². The second-order valence-corrected chi connectivity index (χ2v) is 6.54. The van der Waals surface area contributed by atoms with Crippen LogP contribution >= 0.6 is 27.3 Å². The fraction of sp³-hybridized carbons (Fsp3) is 0.286. The highest BCUT2D eigenvalue weighted by Gasteiger charge is 2.32. The van der Waals surface area contributed by atoms with Crippen LogP contribution in [0.2, 0.25) is 0 Å². The number of carbonyl (C=O) groups is 1. The lowest BCUT2D eigenvalue weighted by Gasteiger charge is -2.05. The van der Waals surface area contributed by atoms with Crippen molar-refractivity contribution in [1.82, 2.24) is 4.98 Å². The van der Waals surface area contributed by atoms with Crippen LogP contribution in [-0.2, 0) is 11.2 Å². The lowest BCUT2D eigenvalue weighted by Crippen LogP contribution is -2.08. The molecule has 20 heavy (non-hydrogen) atoms. The molecule has 4 nitrogen and oxygen atoms in total. The minimum absolute atomic E-state index is 0.448. The molecule has 0 saturated heterocycles. The van der Waals surface area contributed by atoms with Gasteiger partial charge in [-0.05, 0) is 47.0 Å². The van der Waals surface area contributed by atoms with E-state index in [0.29, 0.717) is 6.42 Å². The van der Waals surface area contributed by atoms with Crippen molar-refractivity contribution >= 4 is 33.2 Å². The maximum Gasteiger partial charge on any atom is 0.312 e. The van der Waals surface area contributed by atoms with Gasteiger partial charge in [-0.1, -0.05) is 0 Å². The molecule has 1 atom stereocenters. The fourth-order valence-electron chi connectivity index (χ4n) is 2.39. The summed E-state index contributed by atoms with van der Waals surface area (Å²) in [5.74, 6) is -0.463. The fourth-order valence-corrected chi connectivity index (χ4v) is 4.07. The molecule has 2 aromatic rings. The summed E-state index contributed by atoms with van der Waals surface area (Å²) < 4.78 is 6.07. The Balaban J connectivity index is 1.99.